The van der Waals surface area contributed by atoms with Crippen molar-refractivity contribution in [2.24, 2.45) is 0 Å². The summed E-state index contributed by atoms with van der Waals surface area (Å²) in [4.78, 5) is 0. The Labute approximate surface area is 86.3 Å². The molecule has 1 saturated heterocycles. The normalized spacial score (nSPS) is 36.9. The second-order valence-electron chi connectivity index (χ2n) is 4.05. The standard InChI is InChI=1S/C8H12F3NO2S/c9-8(10,11)15(13,14)12-6-4-2-1-3-5-7(6)12/h6-7H,1-5H2/t6-,7+,12?. The van der Waals surface area contributed by atoms with Gasteiger partial charge < -0.3 is 0 Å². The average Bonchev–Trinajstić information content (AvgIpc) is 2.73. The zero-order valence-electron chi connectivity index (χ0n) is 8.00. The molecule has 0 bridgehead atoms. The predicted octanol–water partition coefficient (Wildman–Crippen LogP) is 1.85. The van der Waals surface area contributed by atoms with Crippen LogP contribution in [0.5, 0.6) is 0 Å². The van der Waals surface area contributed by atoms with Crippen molar-refractivity contribution >= 4 is 10.0 Å². The maximum absolute atomic E-state index is 12.2. The number of halogens is 3. The number of sulfonamides is 1. The number of hydrogen-bond donors (Lipinski definition) is 0. The lowest BCUT2D eigenvalue weighted by atomic mass is 10.2. The van der Waals surface area contributed by atoms with Gasteiger partial charge in [-0.05, 0) is 12.8 Å². The second kappa shape index (κ2) is 3.35. The van der Waals surface area contributed by atoms with E-state index in [9.17, 15) is 21.6 Å². The summed E-state index contributed by atoms with van der Waals surface area (Å²) in [5.41, 5.74) is -5.14. The third kappa shape index (κ3) is 1.75. The van der Waals surface area contributed by atoms with E-state index in [1.165, 1.54) is 0 Å². The lowest BCUT2D eigenvalue weighted by molar-refractivity contribution is -0.0469. The molecule has 1 aliphatic heterocycles. The Balaban J connectivity index is 2.15. The molecule has 0 amide bonds. The van der Waals surface area contributed by atoms with Gasteiger partial charge in [0.1, 0.15) is 0 Å². The van der Waals surface area contributed by atoms with Crippen LogP contribution >= 0.6 is 0 Å². The third-order valence-corrected chi connectivity index (χ3v) is 4.76. The Morgan fingerprint density at radius 2 is 1.47 bits per heavy atom. The van der Waals surface area contributed by atoms with Crippen molar-refractivity contribution in [3.8, 4) is 0 Å². The fraction of sp³-hybridized carbons (Fsp3) is 1.00. The molecule has 1 saturated carbocycles. The molecule has 88 valence electrons. The van der Waals surface area contributed by atoms with Crippen LogP contribution in [0.3, 0.4) is 0 Å². The van der Waals surface area contributed by atoms with Gasteiger partial charge in [0.25, 0.3) is 0 Å². The highest BCUT2D eigenvalue weighted by molar-refractivity contribution is 7.90. The summed E-state index contributed by atoms with van der Waals surface area (Å²) in [5, 5.41) is 0. The van der Waals surface area contributed by atoms with Gasteiger partial charge in [0.2, 0.25) is 0 Å². The molecule has 0 aromatic carbocycles. The Bertz CT molecular complexity index is 339. The minimum absolute atomic E-state index is 0.390. The molecule has 0 radical (unpaired) electrons. The molecule has 1 unspecified atom stereocenters. The van der Waals surface area contributed by atoms with Gasteiger partial charge in [0.15, 0.2) is 0 Å². The summed E-state index contributed by atoms with van der Waals surface area (Å²) >= 11 is 0. The summed E-state index contributed by atoms with van der Waals surface area (Å²) in [6.45, 7) is 0. The number of alkyl halides is 3. The van der Waals surface area contributed by atoms with E-state index in [1.54, 1.807) is 0 Å². The summed E-state index contributed by atoms with van der Waals surface area (Å²) in [5.74, 6) is 0. The zero-order chi connectivity index (χ0) is 11.3. The highest BCUT2D eigenvalue weighted by Gasteiger charge is 2.63. The second-order valence-corrected chi connectivity index (χ2v) is 5.89. The van der Waals surface area contributed by atoms with E-state index in [-0.39, 0.29) is 12.1 Å². The van der Waals surface area contributed by atoms with E-state index in [4.69, 9.17) is 0 Å². The van der Waals surface area contributed by atoms with Crippen LogP contribution in [0, 0.1) is 0 Å². The first-order chi connectivity index (χ1) is 6.86. The molecule has 1 aliphatic carbocycles. The highest BCUT2D eigenvalue weighted by Crippen LogP contribution is 2.45. The van der Waals surface area contributed by atoms with Crippen molar-refractivity contribution in [3.63, 3.8) is 0 Å². The molecule has 3 atom stereocenters. The smallest absolute Gasteiger partial charge is 0.203 e. The predicted molar refractivity (Wildman–Crippen MR) is 47.5 cm³/mol. The van der Waals surface area contributed by atoms with Gasteiger partial charge in [-0.25, -0.2) is 8.42 Å². The van der Waals surface area contributed by atoms with Crippen LogP contribution in [0.4, 0.5) is 13.2 Å². The van der Waals surface area contributed by atoms with Crippen LogP contribution in [0.15, 0.2) is 0 Å². The Morgan fingerprint density at radius 1 is 1.00 bits per heavy atom. The van der Waals surface area contributed by atoms with Gasteiger partial charge in [-0.3, -0.25) is 0 Å². The van der Waals surface area contributed by atoms with E-state index in [0.29, 0.717) is 17.1 Å². The van der Waals surface area contributed by atoms with Crippen LogP contribution in [0.2, 0.25) is 0 Å². The molecular weight excluding hydrogens is 231 g/mol. The van der Waals surface area contributed by atoms with Crippen molar-refractivity contribution in [1.82, 2.24) is 4.31 Å². The lowest BCUT2D eigenvalue weighted by Crippen LogP contribution is -2.31. The molecule has 0 aromatic heterocycles. The van der Waals surface area contributed by atoms with Crippen LogP contribution in [0.25, 0.3) is 0 Å². The van der Waals surface area contributed by atoms with E-state index in [0.717, 1.165) is 19.3 Å². The molecule has 15 heavy (non-hydrogen) atoms. The first kappa shape index (κ1) is 11.2. The minimum Gasteiger partial charge on any atom is -0.203 e. The molecule has 0 N–H and O–H groups in total. The van der Waals surface area contributed by atoms with Crippen LogP contribution in [0.1, 0.15) is 32.1 Å². The molecular formula is C8H12F3NO2S. The lowest BCUT2D eigenvalue weighted by Gasteiger charge is -2.10. The number of rotatable bonds is 1. The van der Waals surface area contributed by atoms with Crippen LogP contribution < -0.4 is 0 Å². The quantitative estimate of drug-likeness (QED) is 0.659. The van der Waals surface area contributed by atoms with Crippen molar-refractivity contribution < 1.29 is 21.6 Å². The summed E-state index contributed by atoms with van der Waals surface area (Å²) in [6, 6.07) is -0.779. The Morgan fingerprint density at radius 3 is 1.87 bits per heavy atom. The van der Waals surface area contributed by atoms with Crippen molar-refractivity contribution in [2.75, 3.05) is 0 Å². The van der Waals surface area contributed by atoms with Gasteiger partial charge in [0, 0.05) is 12.1 Å². The molecule has 0 spiro atoms. The zero-order valence-corrected chi connectivity index (χ0v) is 8.81. The molecule has 2 fully saturated rings. The summed E-state index contributed by atoms with van der Waals surface area (Å²) < 4.78 is 59.5. The van der Waals surface area contributed by atoms with E-state index >= 15 is 0 Å². The summed E-state index contributed by atoms with van der Waals surface area (Å²) in [7, 11) is -5.07. The molecule has 0 aromatic rings. The van der Waals surface area contributed by atoms with Gasteiger partial charge in [0.05, 0.1) is 0 Å². The summed E-state index contributed by atoms with van der Waals surface area (Å²) in [6.07, 6.45) is 3.78. The highest BCUT2D eigenvalue weighted by atomic mass is 32.2. The van der Waals surface area contributed by atoms with Crippen molar-refractivity contribution in [3.05, 3.63) is 0 Å². The molecule has 2 aliphatic rings. The van der Waals surface area contributed by atoms with Gasteiger partial charge in [-0.1, -0.05) is 19.3 Å². The fourth-order valence-corrected chi connectivity index (χ4v) is 3.70. The number of hydrogen-bond acceptors (Lipinski definition) is 2. The van der Waals surface area contributed by atoms with Crippen LogP contribution in [-0.4, -0.2) is 30.3 Å². The molecule has 7 heteroatoms. The number of fused-ring (bicyclic) bond motifs is 1. The largest absolute Gasteiger partial charge is 0.511 e. The fourth-order valence-electron chi connectivity index (χ4n) is 2.31. The van der Waals surface area contributed by atoms with Crippen LogP contribution in [-0.2, 0) is 10.0 Å². The van der Waals surface area contributed by atoms with Gasteiger partial charge >= 0.3 is 15.5 Å². The Kier molecular flexibility index (Phi) is 2.50. The topological polar surface area (TPSA) is 37.1 Å². The molecule has 1 heterocycles. The van der Waals surface area contributed by atoms with E-state index < -0.39 is 15.5 Å². The van der Waals surface area contributed by atoms with Gasteiger partial charge in [-0.15, -0.1) is 0 Å². The number of nitrogens with zero attached hydrogens (tertiary/aromatic N) is 1. The van der Waals surface area contributed by atoms with E-state index in [1.807, 2.05) is 0 Å². The van der Waals surface area contributed by atoms with Crippen molar-refractivity contribution in [2.45, 2.75) is 49.7 Å². The minimum atomic E-state index is -5.14. The first-order valence-corrected chi connectivity index (χ1v) is 6.39. The maximum atomic E-state index is 12.2. The maximum Gasteiger partial charge on any atom is 0.511 e. The SMILES string of the molecule is O=S(=O)(N1[C@@H]2CCCCC[C@@H]21)C(F)(F)F. The van der Waals surface area contributed by atoms with Crippen molar-refractivity contribution in [1.29, 1.82) is 0 Å². The van der Waals surface area contributed by atoms with Gasteiger partial charge in [-0.2, -0.15) is 17.5 Å². The van der Waals surface area contributed by atoms with E-state index in [2.05, 4.69) is 0 Å². The third-order valence-electron chi connectivity index (χ3n) is 3.08. The average molecular weight is 243 g/mol. The monoisotopic (exact) mass is 243 g/mol. The molecule has 3 nitrogen and oxygen atoms in total. The molecule has 2 rings (SSSR count). The Hall–Kier alpha value is -0.300. The first-order valence-electron chi connectivity index (χ1n) is 4.95.